The number of hydrogen-bond acceptors (Lipinski definition) is 5. The molecule has 1 N–H and O–H groups in total. The van der Waals surface area contributed by atoms with Crippen LogP contribution in [0.3, 0.4) is 0 Å². The van der Waals surface area contributed by atoms with Gasteiger partial charge in [-0.15, -0.1) is 5.10 Å². The van der Waals surface area contributed by atoms with E-state index in [0.29, 0.717) is 24.5 Å². The molecule has 0 aliphatic heterocycles. The molecule has 5 nitrogen and oxygen atoms in total. The van der Waals surface area contributed by atoms with E-state index >= 15 is 0 Å². The summed E-state index contributed by atoms with van der Waals surface area (Å²) in [6.45, 7) is 6.98. The molecule has 0 saturated heterocycles. The van der Waals surface area contributed by atoms with Crippen molar-refractivity contribution in [3.63, 3.8) is 0 Å². The summed E-state index contributed by atoms with van der Waals surface area (Å²) in [5.74, 6) is 0.690. The second-order valence-electron chi connectivity index (χ2n) is 4.58. The van der Waals surface area contributed by atoms with Crippen molar-refractivity contribution in [1.29, 1.82) is 0 Å². The van der Waals surface area contributed by atoms with E-state index in [1.807, 2.05) is 0 Å². The first-order chi connectivity index (χ1) is 8.35. The molecule has 1 heterocycles. The van der Waals surface area contributed by atoms with Crippen molar-refractivity contribution in [3.05, 3.63) is 5.89 Å². The van der Waals surface area contributed by atoms with Crippen LogP contribution < -0.4 is 10.2 Å². The molecule has 1 aromatic heterocycles. The monoisotopic (exact) mass is 238 g/mol. The summed E-state index contributed by atoms with van der Waals surface area (Å²) in [7, 11) is 0. The third-order valence-corrected chi connectivity index (χ3v) is 2.86. The van der Waals surface area contributed by atoms with E-state index < -0.39 is 0 Å². The fraction of sp³-hybridized carbons (Fsp3) is 0.833. The van der Waals surface area contributed by atoms with Gasteiger partial charge in [-0.1, -0.05) is 18.9 Å². The molecule has 0 radical (unpaired) electrons. The van der Waals surface area contributed by atoms with Gasteiger partial charge in [0.05, 0.1) is 6.54 Å². The zero-order chi connectivity index (χ0) is 12.1. The van der Waals surface area contributed by atoms with E-state index in [9.17, 15) is 0 Å². The van der Waals surface area contributed by atoms with Crippen LogP contribution in [0.25, 0.3) is 0 Å². The topological polar surface area (TPSA) is 54.2 Å². The number of anilines is 1. The van der Waals surface area contributed by atoms with E-state index in [4.69, 9.17) is 4.42 Å². The summed E-state index contributed by atoms with van der Waals surface area (Å²) in [5.41, 5.74) is 0. The zero-order valence-corrected chi connectivity index (χ0v) is 10.8. The van der Waals surface area contributed by atoms with Crippen molar-refractivity contribution in [2.24, 2.45) is 0 Å². The Hall–Kier alpha value is -1.10. The van der Waals surface area contributed by atoms with E-state index in [1.165, 1.54) is 12.8 Å². The van der Waals surface area contributed by atoms with E-state index in [-0.39, 0.29) is 0 Å². The number of aromatic nitrogens is 2. The molecule has 1 aliphatic rings. The van der Waals surface area contributed by atoms with E-state index in [1.54, 1.807) is 0 Å². The van der Waals surface area contributed by atoms with Crippen LogP contribution in [0.15, 0.2) is 4.42 Å². The van der Waals surface area contributed by atoms with Crippen LogP contribution in [0, 0.1) is 0 Å². The van der Waals surface area contributed by atoms with Crippen LogP contribution in [0.2, 0.25) is 0 Å². The molecule has 0 bridgehead atoms. The highest BCUT2D eigenvalue weighted by atomic mass is 16.4. The second kappa shape index (κ2) is 6.00. The molecule has 0 unspecified atom stereocenters. The third-order valence-electron chi connectivity index (χ3n) is 2.86. The van der Waals surface area contributed by atoms with Crippen molar-refractivity contribution >= 4 is 6.01 Å². The minimum atomic E-state index is 0.631. The Morgan fingerprint density at radius 1 is 1.29 bits per heavy atom. The van der Waals surface area contributed by atoms with Crippen LogP contribution >= 0.6 is 0 Å². The van der Waals surface area contributed by atoms with E-state index in [0.717, 1.165) is 25.9 Å². The van der Waals surface area contributed by atoms with Gasteiger partial charge in [0.25, 0.3) is 0 Å². The van der Waals surface area contributed by atoms with Gasteiger partial charge < -0.3 is 14.6 Å². The zero-order valence-electron chi connectivity index (χ0n) is 10.8. The van der Waals surface area contributed by atoms with Crippen LogP contribution in [-0.4, -0.2) is 29.3 Å². The van der Waals surface area contributed by atoms with Gasteiger partial charge in [-0.25, -0.2) is 0 Å². The van der Waals surface area contributed by atoms with Crippen LogP contribution in [0.5, 0.6) is 0 Å². The van der Waals surface area contributed by atoms with Crippen LogP contribution in [-0.2, 0) is 6.54 Å². The molecule has 0 amide bonds. The lowest BCUT2D eigenvalue weighted by Crippen LogP contribution is -2.26. The normalized spacial score (nSPS) is 15.2. The maximum absolute atomic E-state index is 5.69. The summed E-state index contributed by atoms with van der Waals surface area (Å²) < 4.78 is 5.69. The minimum Gasteiger partial charge on any atom is -0.407 e. The van der Waals surface area contributed by atoms with E-state index in [2.05, 4.69) is 34.3 Å². The summed E-state index contributed by atoms with van der Waals surface area (Å²) in [5, 5.41) is 11.5. The highest BCUT2D eigenvalue weighted by molar-refractivity contribution is 5.29. The fourth-order valence-electron chi connectivity index (χ4n) is 1.87. The van der Waals surface area contributed by atoms with Gasteiger partial charge in [-0.05, 0) is 32.2 Å². The number of nitrogens with zero attached hydrogens (tertiary/aromatic N) is 3. The maximum atomic E-state index is 5.69. The number of hydrogen-bond donors (Lipinski definition) is 1. The highest BCUT2D eigenvalue weighted by Crippen LogP contribution is 2.30. The summed E-state index contributed by atoms with van der Waals surface area (Å²) in [4.78, 5) is 2.25. The molecular formula is C12H22N4O. The Morgan fingerprint density at radius 2 is 2.12 bits per heavy atom. The molecule has 1 aliphatic carbocycles. The van der Waals surface area contributed by atoms with Gasteiger partial charge in [0.15, 0.2) is 0 Å². The van der Waals surface area contributed by atoms with Crippen molar-refractivity contribution in [2.75, 3.05) is 18.0 Å². The van der Waals surface area contributed by atoms with Crippen molar-refractivity contribution in [3.8, 4) is 0 Å². The first-order valence-corrected chi connectivity index (χ1v) is 6.64. The van der Waals surface area contributed by atoms with Crippen LogP contribution in [0.1, 0.15) is 45.4 Å². The number of nitrogens with one attached hydrogen (secondary N) is 1. The van der Waals surface area contributed by atoms with Gasteiger partial charge in [0.2, 0.25) is 5.89 Å². The lowest BCUT2D eigenvalue weighted by atomic mass is 10.4. The smallest absolute Gasteiger partial charge is 0.318 e. The Bertz CT molecular complexity index is 335. The Balaban J connectivity index is 1.90. The van der Waals surface area contributed by atoms with Gasteiger partial charge in [-0.2, -0.15) is 0 Å². The first-order valence-electron chi connectivity index (χ1n) is 6.64. The van der Waals surface area contributed by atoms with Crippen molar-refractivity contribution in [1.82, 2.24) is 15.5 Å². The van der Waals surface area contributed by atoms with Gasteiger partial charge in [-0.3, -0.25) is 0 Å². The van der Waals surface area contributed by atoms with Crippen molar-refractivity contribution < 1.29 is 4.42 Å². The SMILES string of the molecule is CCCNCc1nnc(N(CCC)C2CC2)o1. The van der Waals surface area contributed by atoms with Crippen molar-refractivity contribution in [2.45, 2.75) is 52.1 Å². The molecule has 0 spiro atoms. The van der Waals surface area contributed by atoms with Crippen LogP contribution in [0.4, 0.5) is 6.01 Å². The third kappa shape index (κ3) is 3.43. The maximum Gasteiger partial charge on any atom is 0.318 e. The predicted octanol–water partition coefficient (Wildman–Crippen LogP) is 1.95. The summed E-state index contributed by atoms with van der Waals surface area (Å²) in [6, 6.07) is 1.33. The predicted molar refractivity (Wildman–Crippen MR) is 67.0 cm³/mol. The minimum absolute atomic E-state index is 0.631. The Labute approximate surface area is 103 Å². The molecule has 1 aromatic rings. The fourth-order valence-corrected chi connectivity index (χ4v) is 1.87. The standard InChI is InChI=1S/C12H22N4O/c1-3-7-13-9-11-14-15-12(17-11)16(8-4-2)10-5-6-10/h10,13H,3-9H2,1-2H3. The summed E-state index contributed by atoms with van der Waals surface area (Å²) >= 11 is 0. The lowest BCUT2D eigenvalue weighted by molar-refractivity contribution is 0.459. The largest absolute Gasteiger partial charge is 0.407 e. The molecule has 5 heteroatoms. The Morgan fingerprint density at radius 3 is 2.76 bits per heavy atom. The molecule has 2 rings (SSSR count). The average Bonchev–Trinajstić information content (AvgIpc) is 3.06. The first kappa shape index (κ1) is 12.4. The molecule has 96 valence electrons. The second-order valence-corrected chi connectivity index (χ2v) is 4.58. The molecule has 1 fully saturated rings. The molecule has 17 heavy (non-hydrogen) atoms. The molecule has 0 atom stereocenters. The van der Waals surface area contributed by atoms with Gasteiger partial charge in [0.1, 0.15) is 0 Å². The highest BCUT2D eigenvalue weighted by Gasteiger charge is 2.31. The summed E-state index contributed by atoms with van der Waals surface area (Å²) in [6.07, 6.45) is 4.74. The Kier molecular flexibility index (Phi) is 4.36. The van der Waals surface area contributed by atoms with Gasteiger partial charge >= 0.3 is 6.01 Å². The average molecular weight is 238 g/mol. The lowest BCUT2D eigenvalue weighted by Gasteiger charge is -2.18. The van der Waals surface area contributed by atoms with Gasteiger partial charge in [0, 0.05) is 12.6 Å². The number of rotatable bonds is 8. The molecular weight excluding hydrogens is 216 g/mol. The molecule has 0 aromatic carbocycles. The molecule has 1 saturated carbocycles. The quantitative estimate of drug-likeness (QED) is 0.701.